The molecule has 164 valence electrons. The van der Waals surface area contributed by atoms with Crippen LogP contribution in [0.2, 0.25) is 5.02 Å². The van der Waals surface area contributed by atoms with Crippen molar-refractivity contribution >= 4 is 17.3 Å². The van der Waals surface area contributed by atoms with E-state index in [-0.39, 0.29) is 6.61 Å². The van der Waals surface area contributed by atoms with Gasteiger partial charge in [-0.15, -0.1) is 10.2 Å². The predicted octanol–water partition coefficient (Wildman–Crippen LogP) is 3.51. The summed E-state index contributed by atoms with van der Waals surface area (Å²) < 4.78 is 11.4. The molecule has 1 aliphatic rings. The van der Waals surface area contributed by atoms with Crippen molar-refractivity contribution in [1.29, 1.82) is 0 Å². The molecule has 0 amide bonds. The number of halogens is 1. The highest BCUT2D eigenvalue weighted by molar-refractivity contribution is 6.33. The van der Waals surface area contributed by atoms with Crippen LogP contribution in [-0.4, -0.2) is 65.6 Å². The fourth-order valence-corrected chi connectivity index (χ4v) is 3.91. The van der Waals surface area contributed by atoms with Crippen LogP contribution in [0.15, 0.2) is 52.9 Å². The average molecular weight is 443 g/mol. The Hall–Kier alpha value is -2.61. The summed E-state index contributed by atoms with van der Waals surface area (Å²) in [6.45, 7) is 6.25. The van der Waals surface area contributed by atoms with Gasteiger partial charge in [0, 0.05) is 44.7 Å². The van der Waals surface area contributed by atoms with Crippen molar-refractivity contribution in [3.05, 3.63) is 59.4 Å². The summed E-state index contributed by atoms with van der Waals surface area (Å²) >= 11 is 6.31. The number of para-hydroxylation sites is 1. The molecule has 1 N–H and O–H groups in total. The smallest absolute Gasteiger partial charge is 0.247 e. The Kier molecular flexibility index (Phi) is 7.06. The summed E-state index contributed by atoms with van der Waals surface area (Å²) in [4.78, 5) is 4.54. The van der Waals surface area contributed by atoms with E-state index in [0.717, 1.165) is 42.5 Å². The first-order valence-corrected chi connectivity index (χ1v) is 11.0. The molecule has 0 spiro atoms. The summed E-state index contributed by atoms with van der Waals surface area (Å²) in [5, 5.41) is 19.3. The maximum atomic E-state index is 10.5. The number of rotatable bonds is 8. The van der Waals surface area contributed by atoms with Crippen molar-refractivity contribution in [3.63, 3.8) is 0 Å². The van der Waals surface area contributed by atoms with Gasteiger partial charge in [0.2, 0.25) is 11.8 Å². The number of benzene rings is 2. The summed E-state index contributed by atoms with van der Waals surface area (Å²) in [5.41, 5.74) is 1.87. The second-order valence-corrected chi connectivity index (χ2v) is 7.99. The molecule has 0 bridgehead atoms. The highest BCUT2D eigenvalue weighted by atomic mass is 35.5. The molecule has 1 aromatic heterocycles. The Bertz CT molecular complexity index is 988. The van der Waals surface area contributed by atoms with Gasteiger partial charge < -0.3 is 19.2 Å². The van der Waals surface area contributed by atoms with Crippen molar-refractivity contribution in [2.75, 3.05) is 44.2 Å². The van der Waals surface area contributed by atoms with Crippen molar-refractivity contribution in [2.45, 2.75) is 19.4 Å². The lowest BCUT2D eigenvalue weighted by Crippen LogP contribution is -2.49. The van der Waals surface area contributed by atoms with Crippen LogP contribution < -0.4 is 9.64 Å². The molecule has 0 radical (unpaired) electrons. The zero-order chi connectivity index (χ0) is 21.6. The van der Waals surface area contributed by atoms with E-state index in [1.807, 2.05) is 55.5 Å². The second-order valence-electron chi connectivity index (χ2n) is 7.59. The fourth-order valence-electron chi connectivity index (χ4n) is 3.65. The van der Waals surface area contributed by atoms with Gasteiger partial charge in [0.05, 0.1) is 10.7 Å². The van der Waals surface area contributed by atoms with Crippen LogP contribution in [0.5, 0.6) is 5.75 Å². The van der Waals surface area contributed by atoms with Gasteiger partial charge in [0.25, 0.3) is 0 Å². The molecule has 1 atom stereocenters. The third kappa shape index (κ3) is 5.55. The number of nitrogens with zero attached hydrogens (tertiary/aromatic N) is 4. The molecular weight excluding hydrogens is 416 g/mol. The molecule has 0 aliphatic carbocycles. The van der Waals surface area contributed by atoms with E-state index < -0.39 is 6.10 Å². The first-order chi connectivity index (χ1) is 15.1. The monoisotopic (exact) mass is 442 g/mol. The van der Waals surface area contributed by atoms with Crippen molar-refractivity contribution < 1.29 is 14.3 Å². The number of hydrogen-bond donors (Lipinski definition) is 1. The molecule has 31 heavy (non-hydrogen) atoms. The largest absolute Gasteiger partial charge is 0.491 e. The van der Waals surface area contributed by atoms with Gasteiger partial charge in [-0.05, 0) is 30.3 Å². The second kappa shape index (κ2) is 10.1. The average Bonchev–Trinajstić information content (AvgIpc) is 3.28. The minimum Gasteiger partial charge on any atom is -0.491 e. The third-order valence-corrected chi connectivity index (χ3v) is 5.65. The number of aliphatic hydroxyl groups excluding tert-OH is 1. The molecule has 1 saturated heterocycles. The quantitative estimate of drug-likeness (QED) is 0.572. The van der Waals surface area contributed by atoms with Gasteiger partial charge in [0.15, 0.2) is 0 Å². The first kappa shape index (κ1) is 21.6. The molecule has 2 aromatic carbocycles. The summed E-state index contributed by atoms with van der Waals surface area (Å²) in [6, 6.07) is 15.4. The van der Waals surface area contributed by atoms with Crippen LogP contribution in [-0.2, 0) is 6.42 Å². The normalized spacial score (nSPS) is 15.8. The minimum absolute atomic E-state index is 0.220. The molecule has 0 saturated carbocycles. The van der Waals surface area contributed by atoms with Gasteiger partial charge in [-0.2, -0.15) is 0 Å². The van der Waals surface area contributed by atoms with Gasteiger partial charge in [0.1, 0.15) is 18.5 Å². The lowest BCUT2D eigenvalue weighted by Gasteiger charge is -2.37. The minimum atomic E-state index is -0.578. The SMILES string of the molecule is CCc1nnc(-c2cccc(OCC(O)CN3CCN(c4ccccc4Cl)CC3)c2)o1. The molecule has 3 aromatic rings. The number of aryl methyl sites for hydroxylation is 1. The van der Waals surface area contributed by atoms with E-state index in [1.54, 1.807) is 0 Å². The van der Waals surface area contributed by atoms with Crippen LogP contribution in [0.1, 0.15) is 12.8 Å². The van der Waals surface area contributed by atoms with Crippen molar-refractivity contribution in [3.8, 4) is 17.2 Å². The summed E-state index contributed by atoms with van der Waals surface area (Å²) in [5.74, 6) is 1.74. The number of aliphatic hydroxyl groups is 1. The lowest BCUT2D eigenvalue weighted by atomic mass is 10.2. The Balaban J connectivity index is 1.25. The summed E-state index contributed by atoms with van der Waals surface area (Å²) in [7, 11) is 0. The van der Waals surface area contributed by atoms with Crippen LogP contribution >= 0.6 is 11.6 Å². The van der Waals surface area contributed by atoms with Gasteiger partial charge in [-0.3, -0.25) is 4.90 Å². The summed E-state index contributed by atoms with van der Waals surface area (Å²) in [6.07, 6.45) is 0.118. The predicted molar refractivity (Wildman–Crippen MR) is 121 cm³/mol. The van der Waals surface area contributed by atoms with E-state index in [1.165, 1.54) is 0 Å². The highest BCUT2D eigenvalue weighted by Gasteiger charge is 2.21. The zero-order valence-electron chi connectivity index (χ0n) is 17.6. The Labute approximate surface area is 187 Å². The molecule has 1 fully saturated rings. The Morgan fingerprint density at radius 2 is 1.90 bits per heavy atom. The maximum Gasteiger partial charge on any atom is 0.247 e. The highest BCUT2D eigenvalue weighted by Crippen LogP contribution is 2.26. The number of anilines is 1. The number of piperazine rings is 1. The zero-order valence-corrected chi connectivity index (χ0v) is 18.3. The van der Waals surface area contributed by atoms with E-state index in [9.17, 15) is 5.11 Å². The maximum absolute atomic E-state index is 10.5. The molecule has 1 unspecified atom stereocenters. The number of aromatic nitrogens is 2. The number of hydrogen-bond acceptors (Lipinski definition) is 7. The molecular formula is C23H27ClN4O3. The molecule has 1 aliphatic heterocycles. The van der Waals surface area contributed by atoms with Crippen molar-refractivity contribution in [2.24, 2.45) is 0 Å². The standard InChI is InChI=1S/C23H27ClN4O3/c1-2-22-25-26-23(31-22)17-6-5-7-19(14-17)30-16-18(29)15-27-10-12-28(13-11-27)21-9-4-3-8-20(21)24/h3-9,14,18,29H,2,10-13,15-16H2,1H3. The third-order valence-electron chi connectivity index (χ3n) is 5.33. The number of ether oxygens (including phenoxy) is 1. The fraction of sp³-hybridized carbons (Fsp3) is 0.391. The molecule has 7 nitrogen and oxygen atoms in total. The van der Waals surface area contributed by atoms with Crippen LogP contribution in [0.3, 0.4) is 0 Å². The van der Waals surface area contributed by atoms with E-state index in [2.05, 4.69) is 20.0 Å². The van der Waals surface area contributed by atoms with Gasteiger partial charge in [-0.25, -0.2) is 0 Å². The first-order valence-electron chi connectivity index (χ1n) is 10.6. The van der Waals surface area contributed by atoms with Gasteiger partial charge in [-0.1, -0.05) is 36.7 Å². The van der Waals surface area contributed by atoms with E-state index in [4.69, 9.17) is 20.8 Å². The van der Waals surface area contributed by atoms with E-state index >= 15 is 0 Å². The lowest BCUT2D eigenvalue weighted by molar-refractivity contribution is 0.0663. The van der Waals surface area contributed by atoms with Gasteiger partial charge >= 0.3 is 0 Å². The topological polar surface area (TPSA) is 74.9 Å². The van der Waals surface area contributed by atoms with Crippen LogP contribution in [0.4, 0.5) is 5.69 Å². The molecule has 8 heteroatoms. The Morgan fingerprint density at radius 1 is 1.10 bits per heavy atom. The van der Waals surface area contributed by atoms with Crippen LogP contribution in [0, 0.1) is 0 Å². The van der Waals surface area contributed by atoms with Crippen molar-refractivity contribution in [1.82, 2.24) is 15.1 Å². The number of β-amino-alcohol motifs (C(OH)–C–C–N with tert-alkyl or cyclic N) is 1. The van der Waals surface area contributed by atoms with E-state index in [0.29, 0.717) is 30.5 Å². The molecule has 4 rings (SSSR count). The Morgan fingerprint density at radius 3 is 2.65 bits per heavy atom. The molecule has 2 heterocycles. The van der Waals surface area contributed by atoms with Crippen LogP contribution in [0.25, 0.3) is 11.5 Å².